The monoisotopic (exact) mass is 433 g/mol. The number of rotatable bonds is 6. The largest absolute Gasteiger partial charge is 0.449 e. The van der Waals surface area contributed by atoms with E-state index in [0.717, 1.165) is 23.0 Å². The average Bonchev–Trinajstić information content (AvgIpc) is 3.20. The van der Waals surface area contributed by atoms with E-state index in [0.29, 0.717) is 18.7 Å². The number of fused-ring (bicyclic) bond motifs is 3. The third kappa shape index (κ3) is 4.15. The minimum Gasteiger partial charge on any atom is -0.449 e. The highest BCUT2D eigenvalue weighted by Gasteiger charge is 2.28. The summed E-state index contributed by atoms with van der Waals surface area (Å²) in [6.45, 7) is 0.660. The van der Waals surface area contributed by atoms with Gasteiger partial charge in [0.25, 0.3) is 0 Å². The van der Waals surface area contributed by atoms with E-state index in [-0.39, 0.29) is 5.92 Å². The number of carbonyl (C=O) groups is 2. The van der Waals surface area contributed by atoms with E-state index >= 15 is 0 Å². The average molecular weight is 434 g/mol. The second-order valence-electron chi connectivity index (χ2n) is 8.08. The smallest absolute Gasteiger partial charge is 0.407 e. The molecule has 0 radical (unpaired) electrons. The topological polar surface area (TPSA) is 55.4 Å². The maximum Gasteiger partial charge on any atom is 0.407 e. The molecule has 162 valence electrons. The molecule has 1 aliphatic rings. The van der Waals surface area contributed by atoms with Gasteiger partial charge in [0, 0.05) is 18.0 Å². The number of ether oxygens (including phenoxy) is 1. The van der Waals surface area contributed by atoms with Crippen LogP contribution in [-0.2, 0) is 11.3 Å². The zero-order valence-corrected chi connectivity index (χ0v) is 18.0. The summed E-state index contributed by atoms with van der Waals surface area (Å²) in [4.78, 5) is 23.7. The first-order chi connectivity index (χ1) is 16.2. The van der Waals surface area contributed by atoms with Crippen LogP contribution in [0.5, 0.6) is 0 Å². The second kappa shape index (κ2) is 9.13. The molecule has 0 atom stereocenters. The standard InChI is InChI=1S/C29H23NO3/c31-18-22-7-1-2-8-23(22)21-15-13-20(14-16-21)17-30-29(32)33-19-28-26-11-5-3-9-24(26)25-10-4-6-12-27(25)28/h1-16,18,28H,17,19H2,(H,30,32). The molecule has 5 rings (SSSR count). The van der Waals surface area contributed by atoms with Gasteiger partial charge in [-0.05, 0) is 38.9 Å². The number of hydrogen-bond donors (Lipinski definition) is 1. The SMILES string of the molecule is O=Cc1ccccc1-c1ccc(CNC(=O)OCC2c3ccccc3-c3ccccc32)cc1. The van der Waals surface area contributed by atoms with Crippen molar-refractivity contribution in [2.75, 3.05) is 6.61 Å². The number of nitrogens with one attached hydrogen (secondary N) is 1. The molecule has 4 nitrogen and oxygen atoms in total. The lowest BCUT2D eigenvalue weighted by Gasteiger charge is -2.14. The molecular weight excluding hydrogens is 410 g/mol. The molecule has 1 N–H and O–H groups in total. The lowest BCUT2D eigenvalue weighted by Crippen LogP contribution is -2.25. The molecule has 0 bridgehead atoms. The summed E-state index contributed by atoms with van der Waals surface area (Å²) >= 11 is 0. The van der Waals surface area contributed by atoms with Crippen molar-refractivity contribution >= 4 is 12.4 Å². The third-order valence-corrected chi connectivity index (χ3v) is 6.13. The Balaban J connectivity index is 1.20. The Kier molecular flexibility index (Phi) is 5.73. The molecule has 0 saturated heterocycles. The van der Waals surface area contributed by atoms with Crippen molar-refractivity contribution in [3.63, 3.8) is 0 Å². The van der Waals surface area contributed by atoms with Crippen molar-refractivity contribution in [3.8, 4) is 22.3 Å². The fourth-order valence-electron chi connectivity index (χ4n) is 4.49. The lowest BCUT2D eigenvalue weighted by molar-refractivity contribution is 0.112. The van der Waals surface area contributed by atoms with E-state index in [9.17, 15) is 9.59 Å². The van der Waals surface area contributed by atoms with Crippen LogP contribution in [0.4, 0.5) is 4.79 Å². The summed E-state index contributed by atoms with van der Waals surface area (Å²) in [5, 5.41) is 2.84. The first kappa shape index (κ1) is 20.7. The van der Waals surface area contributed by atoms with E-state index in [1.54, 1.807) is 6.07 Å². The Labute approximate surface area is 192 Å². The molecule has 1 aliphatic carbocycles. The normalized spacial score (nSPS) is 12.0. The van der Waals surface area contributed by atoms with Gasteiger partial charge in [-0.1, -0.05) is 97.1 Å². The number of amides is 1. The molecule has 0 fully saturated rings. The second-order valence-corrected chi connectivity index (χ2v) is 8.08. The van der Waals surface area contributed by atoms with E-state index in [1.165, 1.54) is 22.3 Å². The van der Waals surface area contributed by atoms with E-state index in [2.05, 4.69) is 29.6 Å². The van der Waals surface area contributed by atoms with E-state index < -0.39 is 6.09 Å². The highest BCUT2D eigenvalue weighted by molar-refractivity contribution is 5.87. The third-order valence-electron chi connectivity index (χ3n) is 6.13. The molecule has 0 unspecified atom stereocenters. The lowest BCUT2D eigenvalue weighted by atomic mass is 9.98. The highest BCUT2D eigenvalue weighted by Crippen LogP contribution is 2.44. The van der Waals surface area contributed by atoms with Crippen molar-refractivity contribution in [2.45, 2.75) is 12.5 Å². The molecule has 0 saturated carbocycles. The first-order valence-corrected chi connectivity index (χ1v) is 11.0. The van der Waals surface area contributed by atoms with E-state index in [1.807, 2.05) is 66.7 Å². The summed E-state index contributed by atoms with van der Waals surface area (Å²) in [6.07, 6.45) is 0.425. The van der Waals surface area contributed by atoms with Crippen molar-refractivity contribution in [3.05, 3.63) is 119 Å². The van der Waals surface area contributed by atoms with Gasteiger partial charge in [0.2, 0.25) is 0 Å². The number of benzene rings is 4. The van der Waals surface area contributed by atoms with Gasteiger partial charge in [-0.25, -0.2) is 4.79 Å². The minimum atomic E-state index is -0.438. The quantitative estimate of drug-likeness (QED) is 0.368. The zero-order chi connectivity index (χ0) is 22.6. The van der Waals surface area contributed by atoms with Crippen molar-refractivity contribution in [2.24, 2.45) is 0 Å². The summed E-state index contributed by atoms with van der Waals surface area (Å²) in [7, 11) is 0. The molecule has 0 heterocycles. The molecule has 0 aromatic heterocycles. The molecule has 4 aromatic carbocycles. The van der Waals surface area contributed by atoms with Gasteiger partial charge in [-0.2, -0.15) is 0 Å². The van der Waals surface area contributed by atoms with Crippen molar-refractivity contribution in [1.82, 2.24) is 5.32 Å². The molecule has 4 heteroatoms. The number of hydrogen-bond acceptors (Lipinski definition) is 3. The van der Waals surface area contributed by atoms with Crippen LogP contribution in [0, 0.1) is 0 Å². The molecular formula is C29H23NO3. The summed E-state index contributed by atoms with van der Waals surface area (Å²) in [5.41, 5.74) is 8.26. The Morgan fingerprint density at radius 3 is 1.97 bits per heavy atom. The van der Waals surface area contributed by atoms with Gasteiger partial charge in [0.15, 0.2) is 6.29 Å². The van der Waals surface area contributed by atoms with Gasteiger partial charge in [-0.15, -0.1) is 0 Å². The number of carbonyl (C=O) groups excluding carboxylic acids is 2. The van der Waals surface area contributed by atoms with Crippen LogP contribution in [0.1, 0.15) is 33.0 Å². The fraction of sp³-hybridized carbons (Fsp3) is 0.103. The van der Waals surface area contributed by atoms with Crippen LogP contribution in [-0.4, -0.2) is 19.0 Å². The molecule has 0 aliphatic heterocycles. The Morgan fingerprint density at radius 1 is 0.758 bits per heavy atom. The van der Waals surface area contributed by atoms with Crippen LogP contribution >= 0.6 is 0 Å². The number of alkyl carbamates (subject to hydrolysis) is 1. The van der Waals surface area contributed by atoms with Gasteiger partial charge < -0.3 is 10.1 Å². The molecule has 33 heavy (non-hydrogen) atoms. The first-order valence-electron chi connectivity index (χ1n) is 11.0. The van der Waals surface area contributed by atoms with Crippen LogP contribution in [0.15, 0.2) is 97.1 Å². The van der Waals surface area contributed by atoms with Gasteiger partial charge in [0.1, 0.15) is 6.61 Å². The van der Waals surface area contributed by atoms with Crippen molar-refractivity contribution in [1.29, 1.82) is 0 Å². The van der Waals surface area contributed by atoms with Gasteiger partial charge >= 0.3 is 6.09 Å². The molecule has 0 spiro atoms. The Hall–Kier alpha value is -4.18. The predicted molar refractivity (Wildman–Crippen MR) is 129 cm³/mol. The van der Waals surface area contributed by atoms with E-state index in [4.69, 9.17) is 4.74 Å². The minimum absolute atomic E-state index is 0.0420. The number of aldehydes is 1. The van der Waals surface area contributed by atoms with Crippen LogP contribution in [0.3, 0.4) is 0 Å². The van der Waals surface area contributed by atoms with Gasteiger partial charge in [-0.3, -0.25) is 4.79 Å². The highest BCUT2D eigenvalue weighted by atomic mass is 16.5. The van der Waals surface area contributed by atoms with Crippen molar-refractivity contribution < 1.29 is 14.3 Å². The summed E-state index contributed by atoms with van der Waals surface area (Å²) in [6, 6.07) is 31.8. The maximum atomic E-state index is 12.4. The predicted octanol–water partition coefficient (Wildman–Crippen LogP) is 6.20. The summed E-state index contributed by atoms with van der Waals surface area (Å²) in [5.74, 6) is 0.0420. The molecule has 1 amide bonds. The zero-order valence-electron chi connectivity index (χ0n) is 18.0. The van der Waals surface area contributed by atoms with Gasteiger partial charge in [0.05, 0.1) is 0 Å². The fourth-order valence-corrected chi connectivity index (χ4v) is 4.49. The Bertz CT molecular complexity index is 1270. The maximum absolute atomic E-state index is 12.4. The van der Waals surface area contributed by atoms with Crippen LogP contribution < -0.4 is 5.32 Å². The molecule has 4 aromatic rings. The van der Waals surface area contributed by atoms with Crippen LogP contribution in [0.2, 0.25) is 0 Å². The Morgan fingerprint density at radius 2 is 1.33 bits per heavy atom. The van der Waals surface area contributed by atoms with Crippen LogP contribution in [0.25, 0.3) is 22.3 Å². The summed E-state index contributed by atoms with van der Waals surface area (Å²) < 4.78 is 5.60.